The Labute approximate surface area is 124 Å². The summed E-state index contributed by atoms with van der Waals surface area (Å²) in [5.74, 6) is 0.926. The van der Waals surface area contributed by atoms with Crippen LogP contribution in [0.25, 0.3) is 0 Å². The zero-order valence-electron chi connectivity index (χ0n) is 10.2. The molecule has 2 rings (SSSR count). The fraction of sp³-hybridized carbons (Fsp3) is 0.455. The first-order valence-electron chi connectivity index (χ1n) is 5.05. The molecule has 1 saturated carbocycles. The molecule has 90 valence electrons. The molecule has 1 aliphatic rings. The maximum atomic E-state index is 10.4. The van der Waals surface area contributed by atoms with Gasteiger partial charge >= 0.3 is 29.6 Å². The molecule has 0 bridgehead atoms. The quantitative estimate of drug-likeness (QED) is 0.562. The number of hydrogen-bond acceptors (Lipinski definition) is 3. The number of hydrogen-bond donors (Lipinski definition) is 1. The number of benzene rings is 1. The van der Waals surface area contributed by atoms with Gasteiger partial charge in [-0.2, -0.15) is 8.42 Å². The summed E-state index contributed by atoms with van der Waals surface area (Å²) >= 11 is 0. The van der Waals surface area contributed by atoms with Gasteiger partial charge in [-0.05, 0) is 30.9 Å². The molecule has 0 atom stereocenters. The molecule has 4 nitrogen and oxygen atoms in total. The fourth-order valence-electron chi connectivity index (χ4n) is 1.11. The van der Waals surface area contributed by atoms with E-state index in [0.717, 1.165) is 12.5 Å². The van der Waals surface area contributed by atoms with E-state index in [0.29, 0.717) is 0 Å². The van der Waals surface area contributed by atoms with Crippen molar-refractivity contribution in [1.82, 2.24) is 0 Å². The average molecular weight is 267 g/mol. The van der Waals surface area contributed by atoms with E-state index in [9.17, 15) is 8.42 Å². The van der Waals surface area contributed by atoms with Gasteiger partial charge in [-0.25, -0.2) is 0 Å². The Morgan fingerprint density at radius 3 is 2.06 bits per heavy atom. The van der Waals surface area contributed by atoms with E-state index < -0.39 is 10.1 Å². The van der Waals surface area contributed by atoms with Crippen molar-refractivity contribution in [2.75, 3.05) is 13.7 Å². The van der Waals surface area contributed by atoms with E-state index in [1.165, 1.54) is 25.0 Å². The van der Waals surface area contributed by atoms with E-state index in [1.807, 2.05) is 0 Å². The van der Waals surface area contributed by atoms with Crippen molar-refractivity contribution in [3.8, 4) is 0 Å². The summed E-state index contributed by atoms with van der Waals surface area (Å²) in [4.78, 5) is -0.0741. The molecule has 0 amide bonds. The van der Waals surface area contributed by atoms with Crippen LogP contribution >= 0.6 is 0 Å². The van der Waals surface area contributed by atoms with Gasteiger partial charge in [-0.1, -0.05) is 18.2 Å². The van der Waals surface area contributed by atoms with E-state index in [4.69, 9.17) is 9.29 Å². The van der Waals surface area contributed by atoms with Gasteiger partial charge in [0.15, 0.2) is 0 Å². The second-order valence-corrected chi connectivity index (χ2v) is 5.11. The Bertz CT molecular complexity index is 401. The van der Waals surface area contributed by atoms with Crippen LogP contribution in [-0.2, 0) is 14.9 Å². The molecular formula is C11H16NaO4S+. The molecule has 1 fully saturated rings. The summed E-state index contributed by atoms with van der Waals surface area (Å²) in [6.45, 7) is 0.986. The van der Waals surface area contributed by atoms with Crippen LogP contribution in [0.4, 0.5) is 0 Å². The van der Waals surface area contributed by atoms with E-state index in [2.05, 4.69) is 0 Å². The van der Waals surface area contributed by atoms with Crippen LogP contribution in [0.15, 0.2) is 35.2 Å². The molecule has 1 N–H and O–H groups in total. The second kappa shape index (κ2) is 8.24. The first-order chi connectivity index (χ1) is 7.54. The molecule has 0 unspecified atom stereocenters. The van der Waals surface area contributed by atoms with Crippen LogP contribution < -0.4 is 29.6 Å². The monoisotopic (exact) mass is 267 g/mol. The molecule has 1 aromatic rings. The molecule has 0 radical (unpaired) electrons. The maximum Gasteiger partial charge on any atom is 1.00 e. The first kappa shape index (κ1) is 17.1. The third-order valence-electron chi connectivity index (χ3n) is 2.14. The van der Waals surface area contributed by atoms with Crippen LogP contribution in [-0.4, -0.2) is 26.7 Å². The zero-order valence-corrected chi connectivity index (χ0v) is 13.0. The first-order valence-corrected chi connectivity index (χ1v) is 6.49. The molecule has 1 aromatic carbocycles. The predicted molar refractivity (Wildman–Crippen MR) is 60.9 cm³/mol. The Hall–Kier alpha value is 0.0900. The minimum absolute atomic E-state index is 0. The molecule has 0 aromatic heterocycles. The van der Waals surface area contributed by atoms with Gasteiger partial charge in [0.25, 0.3) is 10.1 Å². The van der Waals surface area contributed by atoms with Gasteiger partial charge < -0.3 is 4.74 Å². The van der Waals surface area contributed by atoms with Crippen molar-refractivity contribution in [2.45, 2.75) is 17.7 Å². The largest absolute Gasteiger partial charge is 1.00 e. The van der Waals surface area contributed by atoms with Crippen molar-refractivity contribution in [2.24, 2.45) is 5.92 Å². The molecule has 0 spiro atoms. The molecular weight excluding hydrogens is 251 g/mol. The Balaban J connectivity index is 0.000000316. The SMILES string of the molecule is COCC1CC1.O=S(=O)(O)c1ccccc1.[Na+]. The third-order valence-corrected chi connectivity index (χ3v) is 3.01. The average Bonchev–Trinajstić information content (AvgIpc) is 3.04. The van der Waals surface area contributed by atoms with Crippen molar-refractivity contribution >= 4 is 10.1 Å². The van der Waals surface area contributed by atoms with Crippen LogP contribution in [0, 0.1) is 5.92 Å². The van der Waals surface area contributed by atoms with E-state index in [1.54, 1.807) is 25.3 Å². The molecule has 0 saturated heterocycles. The molecule has 17 heavy (non-hydrogen) atoms. The molecule has 0 heterocycles. The Morgan fingerprint density at radius 2 is 1.82 bits per heavy atom. The zero-order chi connectivity index (χ0) is 12.0. The predicted octanol–water partition coefficient (Wildman–Crippen LogP) is -1.02. The summed E-state index contributed by atoms with van der Waals surface area (Å²) in [6, 6.07) is 7.42. The fourth-order valence-corrected chi connectivity index (χ4v) is 1.61. The summed E-state index contributed by atoms with van der Waals surface area (Å²) in [5, 5.41) is 0. The molecule has 1 aliphatic carbocycles. The van der Waals surface area contributed by atoms with Gasteiger partial charge in [-0.15, -0.1) is 0 Å². The van der Waals surface area contributed by atoms with E-state index in [-0.39, 0.29) is 34.5 Å². The summed E-state index contributed by atoms with van der Waals surface area (Å²) in [7, 11) is -2.24. The smallest absolute Gasteiger partial charge is 0.384 e. The Morgan fingerprint density at radius 1 is 1.29 bits per heavy atom. The number of ether oxygens (including phenoxy) is 1. The van der Waals surface area contributed by atoms with Crippen molar-refractivity contribution in [3.05, 3.63) is 30.3 Å². The minimum Gasteiger partial charge on any atom is -0.384 e. The minimum atomic E-state index is -4.00. The van der Waals surface area contributed by atoms with Gasteiger partial charge in [0, 0.05) is 13.7 Å². The van der Waals surface area contributed by atoms with Gasteiger partial charge in [0.2, 0.25) is 0 Å². The van der Waals surface area contributed by atoms with Crippen LogP contribution in [0.5, 0.6) is 0 Å². The standard InChI is InChI=1S/C6H6O3S.C5H10O.Na/c7-10(8,9)6-4-2-1-3-5-6;1-6-4-5-2-3-5;/h1-5H,(H,7,8,9);5H,2-4H2,1H3;/q;;+1. The third kappa shape index (κ3) is 7.91. The molecule has 0 aliphatic heterocycles. The van der Waals surface area contributed by atoms with E-state index >= 15 is 0 Å². The van der Waals surface area contributed by atoms with Crippen LogP contribution in [0.1, 0.15) is 12.8 Å². The van der Waals surface area contributed by atoms with Crippen molar-refractivity contribution < 1.29 is 47.3 Å². The summed E-state index contributed by atoms with van der Waals surface area (Å²) in [6.07, 6.45) is 2.79. The van der Waals surface area contributed by atoms with Crippen LogP contribution in [0.3, 0.4) is 0 Å². The maximum absolute atomic E-state index is 10.4. The van der Waals surface area contributed by atoms with Crippen molar-refractivity contribution in [1.29, 1.82) is 0 Å². The molecule has 6 heteroatoms. The number of rotatable bonds is 3. The van der Waals surface area contributed by atoms with Gasteiger partial charge in [0.05, 0.1) is 4.90 Å². The van der Waals surface area contributed by atoms with Gasteiger partial charge in [0.1, 0.15) is 0 Å². The van der Waals surface area contributed by atoms with Crippen LogP contribution in [0.2, 0.25) is 0 Å². The Kier molecular flexibility index (Phi) is 8.28. The van der Waals surface area contributed by atoms with Crippen molar-refractivity contribution in [3.63, 3.8) is 0 Å². The normalized spacial score (nSPS) is 14.2. The topological polar surface area (TPSA) is 63.6 Å². The second-order valence-electron chi connectivity index (χ2n) is 3.69. The number of methoxy groups -OCH3 is 1. The summed E-state index contributed by atoms with van der Waals surface area (Å²) < 4.78 is 34.1. The van der Waals surface area contributed by atoms with Gasteiger partial charge in [-0.3, -0.25) is 4.55 Å². The summed E-state index contributed by atoms with van der Waals surface area (Å²) in [5.41, 5.74) is 0.